The molecule has 1 aliphatic heterocycles. The lowest BCUT2D eigenvalue weighted by Crippen LogP contribution is -2.53. The molecule has 1 rings (SSSR count). The number of rotatable bonds is 7. The van der Waals surface area contributed by atoms with Gasteiger partial charge in [0, 0.05) is 5.92 Å². The van der Waals surface area contributed by atoms with Gasteiger partial charge in [-0.2, -0.15) is 0 Å². The third kappa shape index (κ3) is 5.87. The van der Waals surface area contributed by atoms with E-state index in [4.69, 9.17) is 4.74 Å². The summed E-state index contributed by atoms with van der Waals surface area (Å²) in [7, 11) is 2.40. The highest BCUT2D eigenvalue weighted by Gasteiger charge is 2.27. The Labute approximate surface area is 108 Å². The Morgan fingerprint density at radius 2 is 1.65 bits per heavy atom. The summed E-state index contributed by atoms with van der Waals surface area (Å²) in [5, 5.41) is 0. The molecule has 2 nitrogen and oxygen atoms in total. The van der Waals surface area contributed by atoms with Gasteiger partial charge >= 0.3 is 0 Å². The lowest BCUT2D eigenvalue weighted by atomic mass is 9.96. The highest BCUT2D eigenvalue weighted by atomic mass is 16.5. The van der Waals surface area contributed by atoms with E-state index in [9.17, 15) is 0 Å². The van der Waals surface area contributed by atoms with Gasteiger partial charge in [-0.1, -0.05) is 40.0 Å². The van der Waals surface area contributed by atoms with E-state index in [-0.39, 0.29) is 0 Å². The van der Waals surface area contributed by atoms with Crippen molar-refractivity contribution in [1.82, 2.24) is 0 Å². The number of ether oxygens (including phenoxy) is 1. The summed E-state index contributed by atoms with van der Waals surface area (Å²) in [5.41, 5.74) is 0. The van der Waals surface area contributed by atoms with Crippen LogP contribution in [-0.2, 0) is 4.74 Å². The Bertz CT molecular complexity index is 199. The molecule has 2 unspecified atom stereocenters. The lowest BCUT2D eigenvalue weighted by Gasteiger charge is -2.39. The Morgan fingerprint density at radius 3 is 2.24 bits per heavy atom. The average Bonchev–Trinajstić information content (AvgIpc) is 2.29. The standard InChI is InChI=1S/C15H32NO/c1-5-14(2)7-6-8-15(3)13-16(4)9-11-17-12-10-16/h14-15H,5-13H2,1-4H3/q+1. The molecule has 1 fully saturated rings. The fourth-order valence-corrected chi connectivity index (χ4v) is 2.83. The minimum atomic E-state index is 0.863. The Kier molecular flexibility index (Phi) is 6.50. The average molecular weight is 242 g/mol. The number of quaternary nitrogens is 1. The molecule has 1 saturated heterocycles. The SMILES string of the molecule is CCC(C)CCCC(C)C[N+]1(C)CCOCC1. The number of hydrogen-bond acceptors (Lipinski definition) is 1. The van der Waals surface area contributed by atoms with E-state index in [0.717, 1.165) is 25.0 Å². The van der Waals surface area contributed by atoms with Crippen LogP contribution in [0.15, 0.2) is 0 Å². The minimum absolute atomic E-state index is 0.863. The molecule has 102 valence electrons. The maximum Gasteiger partial charge on any atom is 0.102 e. The maximum atomic E-state index is 5.46. The second-order valence-corrected chi connectivity index (χ2v) is 6.41. The fourth-order valence-electron chi connectivity index (χ4n) is 2.83. The molecule has 0 radical (unpaired) electrons. The van der Waals surface area contributed by atoms with E-state index >= 15 is 0 Å². The molecule has 0 aromatic rings. The molecule has 0 saturated carbocycles. The zero-order chi connectivity index (χ0) is 12.7. The van der Waals surface area contributed by atoms with Crippen LogP contribution in [0.1, 0.15) is 46.5 Å². The van der Waals surface area contributed by atoms with Crippen molar-refractivity contribution in [3.63, 3.8) is 0 Å². The summed E-state index contributed by atoms with van der Waals surface area (Å²) in [4.78, 5) is 0. The van der Waals surface area contributed by atoms with Gasteiger partial charge in [0.25, 0.3) is 0 Å². The number of nitrogens with zero attached hydrogens (tertiary/aromatic N) is 1. The quantitative estimate of drug-likeness (QED) is 0.622. The van der Waals surface area contributed by atoms with Crippen LogP contribution in [0.2, 0.25) is 0 Å². The van der Waals surface area contributed by atoms with E-state index in [1.807, 2.05) is 0 Å². The van der Waals surface area contributed by atoms with Crippen molar-refractivity contribution >= 4 is 0 Å². The molecule has 0 spiro atoms. The first-order valence-electron chi connectivity index (χ1n) is 7.47. The van der Waals surface area contributed by atoms with Crippen molar-refractivity contribution in [3.8, 4) is 0 Å². The summed E-state index contributed by atoms with van der Waals surface area (Å²) in [6.45, 7) is 12.8. The van der Waals surface area contributed by atoms with Gasteiger partial charge in [-0.3, -0.25) is 0 Å². The first kappa shape index (κ1) is 15.0. The predicted octanol–water partition coefficient (Wildman–Crippen LogP) is 3.32. The van der Waals surface area contributed by atoms with Crippen LogP contribution in [0.3, 0.4) is 0 Å². The fraction of sp³-hybridized carbons (Fsp3) is 1.00. The first-order chi connectivity index (χ1) is 8.06. The monoisotopic (exact) mass is 242 g/mol. The van der Waals surface area contributed by atoms with E-state index in [2.05, 4.69) is 27.8 Å². The van der Waals surface area contributed by atoms with Crippen molar-refractivity contribution in [1.29, 1.82) is 0 Å². The zero-order valence-electron chi connectivity index (χ0n) is 12.4. The molecule has 2 atom stereocenters. The summed E-state index contributed by atoms with van der Waals surface area (Å²) in [6, 6.07) is 0. The Balaban J connectivity index is 2.17. The van der Waals surface area contributed by atoms with Gasteiger partial charge in [-0.15, -0.1) is 0 Å². The molecule has 1 aliphatic rings. The number of hydrogen-bond donors (Lipinski definition) is 0. The van der Waals surface area contributed by atoms with E-state index in [1.165, 1.54) is 49.8 Å². The molecular formula is C15H32NO+. The highest BCUT2D eigenvalue weighted by molar-refractivity contribution is 4.58. The van der Waals surface area contributed by atoms with Crippen LogP contribution in [0.25, 0.3) is 0 Å². The lowest BCUT2D eigenvalue weighted by molar-refractivity contribution is -0.919. The van der Waals surface area contributed by atoms with Gasteiger partial charge in [0.2, 0.25) is 0 Å². The third-order valence-electron chi connectivity index (χ3n) is 4.39. The Hall–Kier alpha value is -0.0800. The maximum absolute atomic E-state index is 5.46. The summed E-state index contributed by atoms with van der Waals surface area (Å²) in [6.07, 6.45) is 5.55. The van der Waals surface area contributed by atoms with Gasteiger partial charge in [0.15, 0.2) is 0 Å². The Morgan fingerprint density at radius 1 is 1.06 bits per heavy atom. The van der Waals surface area contributed by atoms with Crippen LogP contribution < -0.4 is 0 Å². The molecule has 17 heavy (non-hydrogen) atoms. The van der Waals surface area contributed by atoms with Crippen LogP contribution in [0, 0.1) is 11.8 Å². The molecule has 0 aromatic carbocycles. The van der Waals surface area contributed by atoms with E-state index in [0.29, 0.717) is 0 Å². The third-order valence-corrected chi connectivity index (χ3v) is 4.39. The van der Waals surface area contributed by atoms with Crippen molar-refractivity contribution in [2.24, 2.45) is 11.8 Å². The van der Waals surface area contributed by atoms with Gasteiger partial charge in [0.1, 0.15) is 13.1 Å². The molecule has 2 heteroatoms. The molecule has 0 aromatic heterocycles. The smallest absolute Gasteiger partial charge is 0.102 e. The second kappa shape index (κ2) is 7.38. The normalized spacial score (nSPS) is 23.3. The summed E-state index contributed by atoms with van der Waals surface area (Å²) >= 11 is 0. The highest BCUT2D eigenvalue weighted by Crippen LogP contribution is 2.18. The van der Waals surface area contributed by atoms with Crippen LogP contribution in [-0.4, -0.2) is 44.4 Å². The van der Waals surface area contributed by atoms with Gasteiger partial charge < -0.3 is 9.22 Å². The van der Waals surface area contributed by atoms with Gasteiger partial charge in [-0.25, -0.2) is 0 Å². The zero-order valence-corrected chi connectivity index (χ0v) is 12.4. The number of likely N-dealkylation sites (N-methyl/N-ethyl adjacent to an activating group) is 1. The van der Waals surface area contributed by atoms with Gasteiger partial charge in [0.05, 0.1) is 26.8 Å². The second-order valence-electron chi connectivity index (χ2n) is 6.41. The molecule has 0 N–H and O–H groups in total. The van der Waals surface area contributed by atoms with Gasteiger partial charge in [-0.05, 0) is 12.3 Å². The minimum Gasteiger partial charge on any atom is -0.370 e. The van der Waals surface area contributed by atoms with Crippen molar-refractivity contribution < 1.29 is 9.22 Å². The summed E-state index contributed by atoms with van der Waals surface area (Å²) in [5.74, 6) is 1.78. The van der Waals surface area contributed by atoms with Crippen LogP contribution in [0.5, 0.6) is 0 Å². The van der Waals surface area contributed by atoms with Crippen LogP contribution in [0.4, 0.5) is 0 Å². The largest absolute Gasteiger partial charge is 0.370 e. The van der Waals surface area contributed by atoms with Crippen LogP contribution >= 0.6 is 0 Å². The predicted molar refractivity (Wildman–Crippen MR) is 74.1 cm³/mol. The number of morpholine rings is 1. The molecule has 0 aliphatic carbocycles. The first-order valence-corrected chi connectivity index (χ1v) is 7.47. The van der Waals surface area contributed by atoms with Crippen molar-refractivity contribution in [2.45, 2.75) is 46.5 Å². The topological polar surface area (TPSA) is 9.23 Å². The van der Waals surface area contributed by atoms with E-state index < -0.39 is 0 Å². The molecule has 0 bridgehead atoms. The van der Waals surface area contributed by atoms with E-state index in [1.54, 1.807) is 0 Å². The molecular weight excluding hydrogens is 210 g/mol. The van der Waals surface area contributed by atoms with Crippen molar-refractivity contribution in [2.75, 3.05) is 39.9 Å². The summed E-state index contributed by atoms with van der Waals surface area (Å²) < 4.78 is 6.68. The molecule has 0 amide bonds. The van der Waals surface area contributed by atoms with Crippen molar-refractivity contribution in [3.05, 3.63) is 0 Å². The molecule has 1 heterocycles.